The molecule has 0 amide bonds. The van der Waals surface area contributed by atoms with Crippen molar-refractivity contribution < 1.29 is 42.9 Å². The van der Waals surface area contributed by atoms with Gasteiger partial charge in [-0.25, -0.2) is 4.79 Å². The first-order chi connectivity index (χ1) is 19.1. The molecule has 0 aromatic heterocycles. The lowest BCUT2D eigenvalue weighted by Crippen LogP contribution is -2.39. The summed E-state index contributed by atoms with van der Waals surface area (Å²) in [5.74, 6) is -0.607. The molecule has 0 aliphatic rings. The topological polar surface area (TPSA) is 140 Å². The molecule has 1 aromatic carbocycles. The maximum absolute atomic E-state index is 12.7. The summed E-state index contributed by atoms with van der Waals surface area (Å²) in [5, 5.41) is 0. The number of hydrogen-bond acceptors (Lipinski definition) is 10. The first-order valence-electron chi connectivity index (χ1n) is 14.5. The molecule has 0 saturated heterocycles. The van der Waals surface area contributed by atoms with Gasteiger partial charge in [-0.05, 0) is 75.5 Å². The van der Waals surface area contributed by atoms with Crippen LogP contribution in [0.2, 0.25) is 0 Å². The van der Waals surface area contributed by atoms with Gasteiger partial charge in [0.2, 0.25) is 0 Å². The highest BCUT2D eigenvalue weighted by atomic mass is 16.7. The highest BCUT2D eigenvalue weighted by Crippen LogP contribution is 2.30. The van der Waals surface area contributed by atoms with Gasteiger partial charge in [0, 0.05) is 12.8 Å². The molecule has 0 bridgehead atoms. The number of ether oxygens (including phenoxy) is 5. The number of carbonyl (C=O) groups excluding carboxylic acids is 4. The second-order valence-electron chi connectivity index (χ2n) is 11.7. The number of esters is 3. The minimum absolute atomic E-state index is 0.0624. The summed E-state index contributed by atoms with van der Waals surface area (Å²) in [6, 6.07) is 3.65. The molecule has 0 aliphatic carbocycles. The third-order valence-electron chi connectivity index (χ3n) is 6.53. The molecule has 0 radical (unpaired) electrons. The van der Waals surface area contributed by atoms with Crippen molar-refractivity contribution in [2.45, 2.75) is 119 Å². The van der Waals surface area contributed by atoms with Crippen molar-refractivity contribution in [1.29, 1.82) is 0 Å². The maximum atomic E-state index is 12.7. The lowest BCUT2D eigenvalue weighted by molar-refractivity contribution is -0.156. The molecule has 41 heavy (non-hydrogen) atoms. The first-order valence-corrected chi connectivity index (χ1v) is 14.5. The fourth-order valence-corrected chi connectivity index (χ4v) is 3.27. The minimum atomic E-state index is -1.05. The predicted molar refractivity (Wildman–Crippen MR) is 154 cm³/mol. The van der Waals surface area contributed by atoms with Crippen LogP contribution in [0.3, 0.4) is 0 Å². The van der Waals surface area contributed by atoms with Crippen LogP contribution in [-0.2, 0) is 35.0 Å². The third kappa shape index (κ3) is 14.4. The van der Waals surface area contributed by atoms with Crippen LogP contribution in [-0.4, -0.2) is 48.4 Å². The van der Waals surface area contributed by atoms with Crippen molar-refractivity contribution >= 4 is 24.1 Å². The van der Waals surface area contributed by atoms with Crippen LogP contribution in [0.4, 0.5) is 4.79 Å². The van der Waals surface area contributed by atoms with Gasteiger partial charge in [-0.3, -0.25) is 14.4 Å². The van der Waals surface area contributed by atoms with E-state index in [1.54, 1.807) is 26.8 Å². The Hall–Kier alpha value is -3.14. The molecular formula is C31H49NO9. The van der Waals surface area contributed by atoms with Gasteiger partial charge < -0.3 is 29.4 Å². The van der Waals surface area contributed by atoms with Gasteiger partial charge in [0.25, 0.3) is 0 Å². The molecular weight excluding hydrogens is 530 g/mol. The summed E-state index contributed by atoms with van der Waals surface area (Å²) in [6.45, 7) is 16.8. The quantitative estimate of drug-likeness (QED) is 0.190. The van der Waals surface area contributed by atoms with Crippen LogP contribution in [0.1, 0.15) is 93.6 Å². The van der Waals surface area contributed by atoms with Crippen LogP contribution in [0, 0.1) is 17.8 Å². The van der Waals surface area contributed by atoms with Crippen LogP contribution in [0.25, 0.3) is 0 Å². The van der Waals surface area contributed by atoms with E-state index in [-0.39, 0.29) is 42.8 Å². The van der Waals surface area contributed by atoms with Crippen molar-refractivity contribution in [1.82, 2.24) is 0 Å². The normalized spacial score (nSPS) is 14.3. The molecule has 2 N–H and O–H groups in total. The Morgan fingerprint density at radius 1 is 0.683 bits per heavy atom. The van der Waals surface area contributed by atoms with E-state index in [9.17, 15) is 19.2 Å². The zero-order valence-corrected chi connectivity index (χ0v) is 26.1. The zero-order chi connectivity index (χ0) is 31.3. The Balaban J connectivity index is 2.89. The van der Waals surface area contributed by atoms with Crippen molar-refractivity contribution in [3.05, 3.63) is 23.8 Å². The number of rotatable bonds is 16. The lowest BCUT2D eigenvalue weighted by atomic mass is 10.1. The Bertz CT molecular complexity index is 1010. The average Bonchev–Trinajstić information content (AvgIpc) is 2.87. The van der Waals surface area contributed by atoms with Crippen molar-refractivity contribution in [2.24, 2.45) is 23.5 Å². The molecule has 10 heteroatoms. The van der Waals surface area contributed by atoms with E-state index in [4.69, 9.17) is 29.4 Å². The van der Waals surface area contributed by atoms with Crippen molar-refractivity contribution in [2.75, 3.05) is 0 Å². The Labute approximate surface area is 244 Å². The number of carbonyl (C=O) groups is 4. The van der Waals surface area contributed by atoms with Gasteiger partial charge in [0.15, 0.2) is 11.5 Å². The van der Waals surface area contributed by atoms with Crippen molar-refractivity contribution in [3.63, 3.8) is 0 Å². The number of hydrogen-bond donors (Lipinski definition) is 1. The molecule has 1 aromatic rings. The second-order valence-corrected chi connectivity index (χ2v) is 11.7. The van der Waals surface area contributed by atoms with Crippen LogP contribution in [0.15, 0.2) is 18.2 Å². The summed E-state index contributed by atoms with van der Waals surface area (Å²) in [4.78, 5) is 49.5. The zero-order valence-electron chi connectivity index (χ0n) is 26.1. The van der Waals surface area contributed by atoms with E-state index in [2.05, 4.69) is 0 Å². The highest BCUT2D eigenvalue weighted by Gasteiger charge is 2.26. The van der Waals surface area contributed by atoms with Gasteiger partial charge in [0.05, 0.1) is 0 Å². The smallest absolute Gasteiger partial charge is 0.458 e. The van der Waals surface area contributed by atoms with Crippen LogP contribution < -0.4 is 15.2 Å². The second kappa shape index (κ2) is 17.6. The third-order valence-corrected chi connectivity index (χ3v) is 6.53. The molecule has 4 atom stereocenters. The molecule has 0 heterocycles. The maximum Gasteiger partial charge on any atom is 0.508 e. The summed E-state index contributed by atoms with van der Waals surface area (Å²) >= 11 is 0. The first kappa shape index (κ1) is 35.9. The summed E-state index contributed by atoms with van der Waals surface area (Å²) in [5.41, 5.74) is 6.69. The lowest BCUT2D eigenvalue weighted by Gasteiger charge is -2.23. The molecule has 0 saturated carbocycles. The molecule has 232 valence electrons. The van der Waals surface area contributed by atoms with E-state index in [1.807, 2.05) is 41.5 Å². The molecule has 0 aliphatic heterocycles. The Morgan fingerprint density at radius 2 is 1.17 bits per heavy atom. The Kier molecular flexibility index (Phi) is 15.4. The van der Waals surface area contributed by atoms with Gasteiger partial charge >= 0.3 is 24.1 Å². The fraction of sp³-hybridized carbons (Fsp3) is 0.677. The van der Waals surface area contributed by atoms with Crippen molar-refractivity contribution in [3.8, 4) is 11.5 Å². The Morgan fingerprint density at radius 3 is 1.68 bits per heavy atom. The SMILES string of the molecule is CC(C)CCC(=O)Oc1ccc(C[C@H](N)C(=O)O[C@@H](C)[C@H](C)OC(=O)OC(C)C(C)C)cc1OC(=O)CCC(C)C. The van der Waals surface area contributed by atoms with Gasteiger partial charge in [-0.1, -0.05) is 47.6 Å². The molecule has 0 spiro atoms. The number of nitrogens with two attached hydrogens (primary N) is 1. The average molecular weight is 580 g/mol. The van der Waals surface area contributed by atoms with E-state index in [1.165, 1.54) is 12.1 Å². The summed E-state index contributed by atoms with van der Waals surface area (Å²) < 4.78 is 26.9. The van der Waals surface area contributed by atoms with Crippen LogP contribution in [0.5, 0.6) is 11.5 Å². The molecule has 1 rings (SSSR count). The van der Waals surface area contributed by atoms with E-state index in [0.717, 1.165) is 0 Å². The van der Waals surface area contributed by atoms with E-state index in [0.29, 0.717) is 30.2 Å². The molecule has 0 fully saturated rings. The predicted octanol–water partition coefficient (Wildman–Crippen LogP) is 5.76. The van der Waals surface area contributed by atoms with Gasteiger partial charge in [-0.2, -0.15) is 0 Å². The summed E-state index contributed by atoms with van der Waals surface area (Å²) in [7, 11) is 0. The number of benzene rings is 1. The molecule has 10 nitrogen and oxygen atoms in total. The summed E-state index contributed by atoms with van der Waals surface area (Å²) in [6.07, 6.45) is -0.901. The highest BCUT2D eigenvalue weighted by molar-refractivity contribution is 5.77. The van der Waals surface area contributed by atoms with E-state index >= 15 is 0 Å². The van der Waals surface area contributed by atoms with Gasteiger partial charge in [-0.15, -0.1) is 0 Å². The largest absolute Gasteiger partial charge is 0.508 e. The van der Waals surface area contributed by atoms with Gasteiger partial charge in [0.1, 0.15) is 24.4 Å². The van der Waals surface area contributed by atoms with Crippen LogP contribution >= 0.6 is 0 Å². The fourth-order valence-electron chi connectivity index (χ4n) is 3.27. The molecule has 1 unspecified atom stereocenters. The standard InChI is InChI=1S/C31H49NO9/c1-18(2)10-14-28(33)40-26-13-12-24(17-27(26)41-29(34)15-11-19(3)4)16-25(32)30(35)37-22(8)23(9)39-31(36)38-21(7)20(5)6/h12-13,17-23,25H,10-11,14-16,32H2,1-9H3/t21?,22-,23-,25-/m0/s1. The van der Waals surface area contributed by atoms with E-state index < -0.39 is 42.3 Å². The minimum Gasteiger partial charge on any atom is -0.458 e. The monoisotopic (exact) mass is 579 g/mol.